The molecule has 0 aliphatic carbocycles. The second-order valence-electron chi connectivity index (χ2n) is 12.4. The minimum atomic E-state index is -3.13. The first-order chi connectivity index (χ1) is 22.6. The van der Waals surface area contributed by atoms with Gasteiger partial charge in [0.05, 0.1) is 43.4 Å². The average molecular weight is 670 g/mol. The minimum absolute atomic E-state index is 0.0237. The summed E-state index contributed by atoms with van der Waals surface area (Å²) in [5.74, 6) is 1.82. The van der Waals surface area contributed by atoms with E-state index in [4.69, 9.17) is 9.84 Å². The summed E-state index contributed by atoms with van der Waals surface area (Å²) in [5.41, 5.74) is 0.645. The van der Waals surface area contributed by atoms with Gasteiger partial charge in [-0.3, -0.25) is 4.79 Å². The van der Waals surface area contributed by atoms with E-state index in [1.807, 2.05) is 17.9 Å². The summed E-state index contributed by atoms with van der Waals surface area (Å²) in [6.07, 6.45) is 6.02. The molecule has 1 unspecified atom stereocenters. The molecule has 3 saturated heterocycles. The number of hydrogen-bond donors (Lipinski definition) is 2. The third-order valence-electron chi connectivity index (χ3n) is 9.18. The van der Waals surface area contributed by atoms with Gasteiger partial charge in [-0.1, -0.05) is 6.58 Å². The van der Waals surface area contributed by atoms with E-state index in [1.165, 1.54) is 12.3 Å². The van der Waals surface area contributed by atoms with E-state index in [0.29, 0.717) is 55.2 Å². The molecule has 16 heteroatoms. The number of sulfone groups is 1. The molecule has 0 radical (unpaired) electrons. The zero-order valence-corrected chi connectivity index (χ0v) is 27.3. The summed E-state index contributed by atoms with van der Waals surface area (Å²) >= 11 is 0. The molecule has 0 bridgehead atoms. The number of rotatable bonds is 11. The van der Waals surface area contributed by atoms with Crippen molar-refractivity contribution < 1.29 is 27.4 Å². The molecule has 3 fully saturated rings. The topological polar surface area (TPSA) is 167 Å². The third-order valence-corrected chi connectivity index (χ3v) is 10.2. The number of halogens is 1. The molecule has 5 atom stereocenters. The summed E-state index contributed by atoms with van der Waals surface area (Å²) in [5, 5.41) is 23.0. The van der Waals surface area contributed by atoms with Gasteiger partial charge >= 0.3 is 0 Å². The van der Waals surface area contributed by atoms with Crippen LogP contribution in [0.5, 0.6) is 0 Å². The number of aliphatic hydroxyl groups excluding tert-OH is 1. The predicted octanol–water partition coefficient (Wildman–Crippen LogP) is 2.20. The zero-order chi connectivity index (χ0) is 33.3. The average Bonchev–Trinajstić information content (AvgIpc) is 3.54. The quantitative estimate of drug-likeness (QED) is 0.286. The number of nitrogens with one attached hydrogen (secondary N) is 1. The molecule has 3 aromatic rings. The van der Waals surface area contributed by atoms with Gasteiger partial charge in [0.2, 0.25) is 11.9 Å². The standard InChI is InChI=1S/C31H40FN9O5S/c1-4-28(43)40-10-5-6-24(40)29-21-14-27(34-15-22(21)30(38-37-29)41-16-20(19(41)2)18-47(3,44)45)35-26-7-9-33-31(36-26)39-11-8-25(23(32)17-39)46-13-12-42/h4,7,9,14-15,19-20,23-25,42H,1,5-6,8,10-13,16-18H2,2-3H3,(H,33,34,35,36)/t19-,20-,23+,24?,25-/m1/s1. The van der Waals surface area contributed by atoms with Crippen molar-refractivity contribution in [3.63, 3.8) is 0 Å². The lowest BCUT2D eigenvalue weighted by Gasteiger charge is -2.47. The molecule has 3 aromatic heterocycles. The van der Waals surface area contributed by atoms with Gasteiger partial charge in [0.25, 0.3) is 0 Å². The Labute approximate surface area is 273 Å². The molecule has 0 aromatic carbocycles. The fourth-order valence-electron chi connectivity index (χ4n) is 6.72. The van der Waals surface area contributed by atoms with Crippen molar-refractivity contribution in [3.05, 3.63) is 42.9 Å². The van der Waals surface area contributed by atoms with Crippen LogP contribution in [0.15, 0.2) is 37.2 Å². The van der Waals surface area contributed by atoms with Crippen molar-refractivity contribution in [2.24, 2.45) is 5.92 Å². The molecular formula is C31H40FN9O5S. The number of carbonyl (C=O) groups is 1. The Balaban J connectivity index is 1.29. The number of nitrogens with zero attached hydrogens (tertiary/aromatic N) is 8. The lowest BCUT2D eigenvalue weighted by atomic mass is 9.91. The number of alkyl halides is 1. The summed E-state index contributed by atoms with van der Waals surface area (Å²) in [6.45, 7) is 7.26. The van der Waals surface area contributed by atoms with Gasteiger partial charge in [-0.15, -0.1) is 5.10 Å². The highest BCUT2D eigenvalue weighted by Gasteiger charge is 2.40. The summed E-state index contributed by atoms with van der Waals surface area (Å²) in [7, 11) is -3.13. The van der Waals surface area contributed by atoms with Gasteiger partial charge < -0.3 is 29.9 Å². The first-order valence-corrected chi connectivity index (χ1v) is 17.9. The Kier molecular flexibility index (Phi) is 9.53. The number of aliphatic hydroxyl groups is 1. The van der Waals surface area contributed by atoms with Gasteiger partial charge in [-0.05, 0) is 44.4 Å². The van der Waals surface area contributed by atoms with Crippen LogP contribution < -0.4 is 15.1 Å². The van der Waals surface area contributed by atoms with Crippen molar-refractivity contribution in [3.8, 4) is 0 Å². The Morgan fingerprint density at radius 1 is 1.19 bits per heavy atom. The molecule has 0 saturated carbocycles. The second-order valence-corrected chi connectivity index (χ2v) is 14.6. The van der Waals surface area contributed by atoms with Crippen molar-refractivity contribution >= 4 is 49.9 Å². The van der Waals surface area contributed by atoms with Crippen LogP contribution in [0.1, 0.15) is 37.9 Å². The highest BCUT2D eigenvalue weighted by Crippen LogP contribution is 2.40. The molecule has 47 heavy (non-hydrogen) atoms. The Morgan fingerprint density at radius 3 is 2.74 bits per heavy atom. The van der Waals surface area contributed by atoms with Crippen LogP contribution in [0.25, 0.3) is 10.8 Å². The largest absolute Gasteiger partial charge is 0.394 e. The van der Waals surface area contributed by atoms with E-state index in [-0.39, 0.29) is 49.4 Å². The number of aromatic nitrogens is 5. The molecule has 6 heterocycles. The van der Waals surface area contributed by atoms with Gasteiger partial charge in [-0.25, -0.2) is 22.8 Å². The van der Waals surface area contributed by atoms with Gasteiger partial charge in [0.1, 0.15) is 27.6 Å². The van der Waals surface area contributed by atoms with Crippen LogP contribution in [0.3, 0.4) is 0 Å². The maximum atomic E-state index is 14.8. The Morgan fingerprint density at radius 2 is 2.02 bits per heavy atom. The highest BCUT2D eigenvalue weighted by molar-refractivity contribution is 7.90. The SMILES string of the molecule is C=CC(=O)N1CCCC1c1nnc(N2C[C@H](CS(C)(=O)=O)[C@H]2C)c2cnc(Nc3ccnc(N4CC[C@@H](OCCO)[C@@H](F)C4)n3)cc12. The van der Waals surface area contributed by atoms with Crippen LogP contribution in [0, 0.1) is 5.92 Å². The van der Waals surface area contributed by atoms with Crippen LogP contribution in [0.4, 0.5) is 27.8 Å². The van der Waals surface area contributed by atoms with Crippen molar-refractivity contribution in [2.75, 3.05) is 66.5 Å². The Hall–Kier alpha value is -4.02. The smallest absolute Gasteiger partial charge is 0.246 e. The molecule has 1 amide bonds. The van der Waals surface area contributed by atoms with E-state index < -0.39 is 22.1 Å². The number of carbonyl (C=O) groups excluding carboxylic acids is 1. The molecule has 252 valence electrons. The number of pyridine rings is 1. The van der Waals surface area contributed by atoms with Crippen LogP contribution in [-0.4, -0.2) is 119 Å². The maximum absolute atomic E-state index is 14.8. The molecular weight excluding hydrogens is 629 g/mol. The molecule has 0 spiro atoms. The highest BCUT2D eigenvalue weighted by atomic mass is 32.2. The van der Waals surface area contributed by atoms with Gasteiger partial charge in [0, 0.05) is 61.0 Å². The fourth-order valence-corrected chi connectivity index (χ4v) is 7.88. The van der Waals surface area contributed by atoms with E-state index in [9.17, 15) is 17.6 Å². The van der Waals surface area contributed by atoms with Crippen LogP contribution >= 0.6 is 0 Å². The number of anilines is 4. The van der Waals surface area contributed by atoms with E-state index in [0.717, 1.165) is 23.6 Å². The fraction of sp³-hybridized carbons (Fsp3) is 0.548. The number of piperidine rings is 1. The summed E-state index contributed by atoms with van der Waals surface area (Å²) in [6, 6.07) is 3.20. The third kappa shape index (κ3) is 6.99. The number of ether oxygens (including phenoxy) is 1. The van der Waals surface area contributed by atoms with Crippen molar-refractivity contribution in [1.29, 1.82) is 0 Å². The van der Waals surface area contributed by atoms with Crippen LogP contribution in [0.2, 0.25) is 0 Å². The normalized spacial score (nSPS) is 24.8. The molecule has 3 aliphatic rings. The Bertz CT molecular complexity index is 1750. The summed E-state index contributed by atoms with van der Waals surface area (Å²) in [4.78, 5) is 31.9. The first kappa shape index (κ1) is 32.9. The van der Waals surface area contributed by atoms with E-state index in [2.05, 4.69) is 37.0 Å². The first-order valence-electron chi connectivity index (χ1n) is 15.8. The number of hydrogen-bond acceptors (Lipinski definition) is 13. The van der Waals surface area contributed by atoms with E-state index >= 15 is 0 Å². The van der Waals surface area contributed by atoms with Crippen molar-refractivity contribution in [2.45, 2.75) is 50.5 Å². The molecule has 14 nitrogen and oxygen atoms in total. The van der Waals surface area contributed by atoms with Gasteiger partial charge in [0.15, 0.2) is 5.82 Å². The second kappa shape index (κ2) is 13.6. The lowest BCUT2D eigenvalue weighted by molar-refractivity contribution is -0.126. The zero-order valence-electron chi connectivity index (χ0n) is 26.5. The van der Waals surface area contributed by atoms with Crippen molar-refractivity contribution in [1.82, 2.24) is 30.0 Å². The van der Waals surface area contributed by atoms with Crippen LogP contribution in [-0.2, 0) is 19.4 Å². The molecule has 2 N–H and O–H groups in total. The predicted molar refractivity (Wildman–Crippen MR) is 175 cm³/mol. The summed E-state index contributed by atoms with van der Waals surface area (Å²) < 4.78 is 44.1. The number of amides is 1. The lowest BCUT2D eigenvalue weighted by Crippen LogP contribution is -2.57. The molecule has 3 aliphatic heterocycles. The van der Waals surface area contributed by atoms with Gasteiger partial charge in [-0.2, -0.15) is 10.1 Å². The molecule has 6 rings (SSSR count). The number of fused-ring (bicyclic) bond motifs is 1. The monoisotopic (exact) mass is 669 g/mol. The number of likely N-dealkylation sites (tertiary alicyclic amines) is 1. The maximum Gasteiger partial charge on any atom is 0.246 e. The van der Waals surface area contributed by atoms with E-state index in [1.54, 1.807) is 28.3 Å². The minimum Gasteiger partial charge on any atom is -0.394 e.